The molecule has 0 spiro atoms. The predicted octanol–water partition coefficient (Wildman–Crippen LogP) is 3.61. The maximum Gasteiger partial charge on any atom is 0.208 e. The van der Waals surface area contributed by atoms with Crippen LogP contribution in [0.2, 0.25) is 0 Å². The minimum atomic E-state index is -1.92. The average molecular weight is 441 g/mol. The number of carbonyl (C=O) groups excluding carboxylic acids is 1. The smallest absolute Gasteiger partial charge is 0.208 e. The van der Waals surface area contributed by atoms with Gasteiger partial charge in [0.15, 0.2) is 11.9 Å². The zero-order valence-electron chi connectivity index (χ0n) is 18.4. The van der Waals surface area contributed by atoms with Gasteiger partial charge in [-0.1, -0.05) is 45.2 Å². The maximum absolute atomic E-state index is 12.4. The molecule has 0 aromatic heterocycles. The van der Waals surface area contributed by atoms with Crippen LogP contribution in [0.4, 0.5) is 0 Å². The lowest BCUT2D eigenvalue weighted by Gasteiger charge is -2.40. The Hall–Kier alpha value is -1.18. The van der Waals surface area contributed by atoms with E-state index >= 15 is 0 Å². The third-order valence-electron chi connectivity index (χ3n) is 6.51. The highest BCUT2D eigenvalue weighted by Gasteiger charge is 2.51. The van der Waals surface area contributed by atoms with Crippen LogP contribution in [-0.4, -0.2) is 52.3 Å². The second kappa shape index (κ2) is 8.75. The number of aliphatic hydroxyl groups is 2. The zero-order valence-corrected chi connectivity index (χ0v) is 19.1. The van der Waals surface area contributed by atoms with Gasteiger partial charge in [0.25, 0.3) is 0 Å². The third-order valence-corrected chi connectivity index (χ3v) is 6.90. The number of aliphatic hydroxyl groups excluding tert-OH is 1. The van der Waals surface area contributed by atoms with Crippen LogP contribution in [0.15, 0.2) is 34.6 Å². The molecule has 0 aromatic rings. The summed E-state index contributed by atoms with van der Waals surface area (Å²) in [6.07, 6.45) is 6.59. The summed E-state index contributed by atoms with van der Waals surface area (Å²) in [7, 11) is 0. The number of carbonyl (C=O) groups is 1. The van der Waals surface area contributed by atoms with Gasteiger partial charge in [-0.15, -0.1) is 0 Å². The normalized spacial score (nSPS) is 40.4. The quantitative estimate of drug-likeness (QED) is 0.656. The first-order chi connectivity index (χ1) is 14.0. The van der Waals surface area contributed by atoms with Gasteiger partial charge in [0.05, 0.1) is 17.7 Å². The molecule has 0 bridgehead atoms. The van der Waals surface area contributed by atoms with E-state index in [-0.39, 0.29) is 24.0 Å². The second-order valence-electron chi connectivity index (χ2n) is 8.95. The van der Waals surface area contributed by atoms with Gasteiger partial charge < -0.3 is 24.4 Å². The summed E-state index contributed by atoms with van der Waals surface area (Å²) < 4.78 is 18.2. The standard InChI is InChI=1S/C23H33ClO6/c1-6-8-17-29-21(13(3)7-2)22(4,30-17)10-9-14-11-15-16(12-28-14)19(25)23(5,27)20(26)18(15)24/h9-11,13,16-17,19,21,25,27H,6-8,12H2,1-5H3/b10-9+/t13?,16-,17-,19-,21-,22-,23-/m1/s1. The monoisotopic (exact) mass is 440 g/mol. The van der Waals surface area contributed by atoms with E-state index in [9.17, 15) is 15.0 Å². The molecular weight excluding hydrogens is 408 g/mol. The van der Waals surface area contributed by atoms with Crippen LogP contribution in [0.25, 0.3) is 0 Å². The highest BCUT2D eigenvalue weighted by atomic mass is 35.5. The fraction of sp³-hybridized carbons (Fsp3) is 0.696. The Morgan fingerprint density at radius 2 is 2.07 bits per heavy atom. The van der Waals surface area contributed by atoms with Crippen molar-refractivity contribution in [3.63, 3.8) is 0 Å². The number of allylic oxidation sites excluding steroid dienone is 2. The molecule has 1 saturated heterocycles. The Morgan fingerprint density at radius 1 is 1.37 bits per heavy atom. The molecule has 0 amide bonds. The van der Waals surface area contributed by atoms with E-state index in [1.54, 1.807) is 6.08 Å². The lowest BCUT2D eigenvalue weighted by Crippen LogP contribution is -2.55. The topological polar surface area (TPSA) is 85.2 Å². The predicted molar refractivity (Wildman–Crippen MR) is 114 cm³/mol. The Labute approximate surface area is 183 Å². The molecule has 3 rings (SSSR count). The van der Waals surface area contributed by atoms with E-state index in [2.05, 4.69) is 20.8 Å². The van der Waals surface area contributed by atoms with Crippen LogP contribution in [0, 0.1) is 11.8 Å². The van der Waals surface area contributed by atoms with Gasteiger partial charge in [0.1, 0.15) is 17.5 Å². The SMILES string of the molecule is CCC[C@@H]1O[C@H](C(C)CC)[C@@](C)(/C=C/C2=CC3=C(Cl)C(=O)[C@](C)(O)[C@H](O)[C@@H]3CO2)O1. The van der Waals surface area contributed by atoms with Crippen LogP contribution in [0.5, 0.6) is 0 Å². The minimum Gasteiger partial charge on any atom is -0.493 e. The molecule has 3 aliphatic rings. The molecule has 1 aliphatic carbocycles. The molecule has 2 N–H and O–H groups in total. The molecule has 0 saturated carbocycles. The van der Waals surface area contributed by atoms with Crippen molar-refractivity contribution in [1.29, 1.82) is 0 Å². The molecule has 0 radical (unpaired) electrons. The molecule has 6 nitrogen and oxygen atoms in total. The molecule has 30 heavy (non-hydrogen) atoms. The molecule has 7 atom stereocenters. The lowest BCUT2D eigenvalue weighted by atomic mass is 9.75. The number of ketones is 1. The van der Waals surface area contributed by atoms with Gasteiger partial charge in [-0.25, -0.2) is 0 Å². The van der Waals surface area contributed by atoms with Crippen molar-refractivity contribution in [3.05, 3.63) is 34.6 Å². The van der Waals surface area contributed by atoms with Crippen LogP contribution in [-0.2, 0) is 19.0 Å². The molecule has 2 heterocycles. The van der Waals surface area contributed by atoms with E-state index in [0.717, 1.165) is 19.3 Å². The molecule has 168 valence electrons. The Kier molecular flexibility index (Phi) is 6.85. The Morgan fingerprint density at radius 3 is 2.70 bits per heavy atom. The third kappa shape index (κ3) is 4.13. The molecule has 0 aromatic carbocycles. The molecule has 1 fully saturated rings. The van der Waals surface area contributed by atoms with Crippen LogP contribution in [0.1, 0.15) is 53.9 Å². The van der Waals surface area contributed by atoms with Gasteiger partial charge in [-0.2, -0.15) is 0 Å². The summed E-state index contributed by atoms with van der Waals surface area (Å²) in [5.74, 6) is -0.404. The summed E-state index contributed by atoms with van der Waals surface area (Å²) in [4.78, 5) is 12.4. The van der Waals surface area contributed by atoms with Crippen molar-refractivity contribution in [2.45, 2.75) is 83.6 Å². The van der Waals surface area contributed by atoms with E-state index in [1.807, 2.05) is 19.1 Å². The van der Waals surface area contributed by atoms with Gasteiger partial charge in [-0.3, -0.25) is 4.79 Å². The largest absolute Gasteiger partial charge is 0.493 e. The molecular formula is C23H33ClO6. The summed E-state index contributed by atoms with van der Waals surface area (Å²) in [6.45, 7) is 9.79. The highest BCUT2D eigenvalue weighted by Crippen LogP contribution is 2.41. The Balaban J connectivity index is 1.87. The van der Waals surface area contributed by atoms with Gasteiger partial charge >= 0.3 is 0 Å². The van der Waals surface area contributed by atoms with Gasteiger partial charge in [0, 0.05) is 5.92 Å². The number of ether oxygens (including phenoxy) is 3. The summed E-state index contributed by atoms with van der Waals surface area (Å²) in [5.41, 5.74) is -2.04. The lowest BCUT2D eigenvalue weighted by molar-refractivity contribution is -0.150. The van der Waals surface area contributed by atoms with E-state index in [0.29, 0.717) is 17.3 Å². The van der Waals surface area contributed by atoms with Gasteiger partial charge in [-0.05, 0) is 50.0 Å². The molecule has 7 heteroatoms. The van der Waals surface area contributed by atoms with E-state index in [4.69, 9.17) is 25.8 Å². The van der Waals surface area contributed by atoms with Crippen molar-refractivity contribution in [2.75, 3.05) is 6.61 Å². The van der Waals surface area contributed by atoms with E-state index < -0.39 is 29.0 Å². The first-order valence-electron chi connectivity index (χ1n) is 10.8. The number of hydrogen-bond acceptors (Lipinski definition) is 6. The van der Waals surface area contributed by atoms with Crippen molar-refractivity contribution in [2.24, 2.45) is 11.8 Å². The van der Waals surface area contributed by atoms with Gasteiger partial charge in [0.2, 0.25) is 5.78 Å². The van der Waals surface area contributed by atoms with E-state index in [1.165, 1.54) is 6.92 Å². The number of fused-ring (bicyclic) bond motifs is 1. The Bertz CT molecular complexity index is 770. The number of halogens is 1. The fourth-order valence-corrected chi connectivity index (χ4v) is 4.76. The summed E-state index contributed by atoms with van der Waals surface area (Å²) in [5, 5.41) is 20.7. The summed E-state index contributed by atoms with van der Waals surface area (Å²) in [6, 6.07) is 0. The average Bonchev–Trinajstić information content (AvgIpc) is 3.05. The number of rotatable bonds is 6. The molecule has 2 aliphatic heterocycles. The highest BCUT2D eigenvalue weighted by molar-refractivity contribution is 6.44. The maximum atomic E-state index is 12.4. The zero-order chi connectivity index (χ0) is 22.3. The first-order valence-corrected chi connectivity index (χ1v) is 11.1. The van der Waals surface area contributed by atoms with Crippen molar-refractivity contribution in [3.8, 4) is 0 Å². The van der Waals surface area contributed by atoms with Crippen LogP contribution in [0.3, 0.4) is 0 Å². The van der Waals surface area contributed by atoms with Crippen molar-refractivity contribution < 1.29 is 29.2 Å². The van der Waals surface area contributed by atoms with Crippen LogP contribution >= 0.6 is 11.6 Å². The number of Topliss-reactive ketones (excluding diaryl/α,β-unsaturated/α-hetero) is 1. The van der Waals surface area contributed by atoms with Crippen molar-refractivity contribution >= 4 is 17.4 Å². The van der Waals surface area contributed by atoms with Crippen LogP contribution < -0.4 is 0 Å². The van der Waals surface area contributed by atoms with Crippen molar-refractivity contribution in [1.82, 2.24) is 0 Å². The fourth-order valence-electron chi connectivity index (χ4n) is 4.37. The molecule has 1 unspecified atom stereocenters. The number of hydrogen-bond donors (Lipinski definition) is 2. The summed E-state index contributed by atoms with van der Waals surface area (Å²) >= 11 is 6.24. The first kappa shape index (κ1) is 23.5. The minimum absolute atomic E-state index is 0.0587. The second-order valence-corrected chi connectivity index (χ2v) is 9.33.